The molecule has 1 aromatic rings. The molecule has 0 saturated heterocycles. The van der Waals surface area contributed by atoms with Crippen molar-refractivity contribution in [2.45, 2.75) is 6.42 Å². The van der Waals surface area contributed by atoms with E-state index in [1.807, 2.05) is 4.90 Å². The van der Waals surface area contributed by atoms with E-state index in [-0.39, 0.29) is 12.5 Å². The first-order valence-electron chi connectivity index (χ1n) is 6.68. The zero-order chi connectivity index (χ0) is 15.7. The van der Waals surface area contributed by atoms with E-state index in [1.165, 1.54) is 7.11 Å². The number of nitrogens with one attached hydrogen (secondary N) is 1. The first-order valence-corrected chi connectivity index (χ1v) is 7.06. The second-order valence-corrected chi connectivity index (χ2v) is 4.87. The molecular weight excluding hydrogens is 292 g/mol. The molecule has 0 aromatic heterocycles. The maximum Gasteiger partial charge on any atom is 0.225 e. The number of benzene rings is 1. The van der Waals surface area contributed by atoms with Gasteiger partial charge in [0.1, 0.15) is 5.75 Å². The number of aliphatic hydroxyl groups is 1. The Morgan fingerprint density at radius 2 is 2.29 bits per heavy atom. The van der Waals surface area contributed by atoms with Gasteiger partial charge in [-0.3, -0.25) is 9.69 Å². The summed E-state index contributed by atoms with van der Waals surface area (Å²) in [5.74, 6) is 0.456. The van der Waals surface area contributed by atoms with Crippen molar-refractivity contribution >= 4 is 23.2 Å². The number of halogens is 1. The molecule has 6 heteroatoms. The van der Waals surface area contributed by atoms with Gasteiger partial charge in [0.2, 0.25) is 5.91 Å². The van der Waals surface area contributed by atoms with Crippen LogP contribution in [0, 0.1) is 0 Å². The number of hydrogen-bond donors (Lipinski definition) is 2. The highest BCUT2D eigenvalue weighted by Crippen LogP contribution is 2.27. The van der Waals surface area contributed by atoms with Crippen LogP contribution < -0.4 is 10.1 Å². The van der Waals surface area contributed by atoms with Gasteiger partial charge in [0.05, 0.1) is 18.7 Å². The van der Waals surface area contributed by atoms with Crippen LogP contribution in [0.4, 0.5) is 5.69 Å². The highest BCUT2D eigenvalue weighted by atomic mass is 35.5. The summed E-state index contributed by atoms with van der Waals surface area (Å²) in [7, 11) is 1.54. The number of ether oxygens (including phenoxy) is 1. The lowest BCUT2D eigenvalue weighted by Gasteiger charge is -2.18. The van der Waals surface area contributed by atoms with Gasteiger partial charge in [0.15, 0.2) is 0 Å². The predicted octanol–water partition coefficient (Wildman–Crippen LogP) is 2.16. The van der Waals surface area contributed by atoms with Crippen molar-refractivity contribution in [3.8, 4) is 5.75 Å². The topological polar surface area (TPSA) is 61.8 Å². The van der Waals surface area contributed by atoms with Crippen LogP contribution in [-0.2, 0) is 4.79 Å². The molecule has 0 saturated carbocycles. The number of methoxy groups -OCH3 is 1. The minimum atomic E-state index is -0.108. The van der Waals surface area contributed by atoms with E-state index in [0.29, 0.717) is 42.5 Å². The Labute approximate surface area is 130 Å². The van der Waals surface area contributed by atoms with Gasteiger partial charge in [-0.1, -0.05) is 17.7 Å². The highest BCUT2D eigenvalue weighted by Gasteiger charge is 2.08. The number of anilines is 1. The molecular formula is C15H21ClN2O3. The molecule has 1 rings (SSSR count). The molecule has 2 N–H and O–H groups in total. The van der Waals surface area contributed by atoms with Crippen molar-refractivity contribution in [1.82, 2.24) is 4.90 Å². The van der Waals surface area contributed by atoms with E-state index in [1.54, 1.807) is 24.3 Å². The van der Waals surface area contributed by atoms with Crippen LogP contribution in [0.3, 0.4) is 0 Å². The van der Waals surface area contributed by atoms with Gasteiger partial charge >= 0.3 is 0 Å². The van der Waals surface area contributed by atoms with Crippen LogP contribution in [0.2, 0.25) is 5.02 Å². The van der Waals surface area contributed by atoms with Crippen molar-refractivity contribution in [2.24, 2.45) is 0 Å². The van der Waals surface area contributed by atoms with E-state index < -0.39 is 0 Å². The monoisotopic (exact) mass is 312 g/mol. The minimum Gasteiger partial charge on any atom is -0.495 e. The van der Waals surface area contributed by atoms with E-state index in [4.69, 9.17) is 21.4 Å². The van der Waals surface area contributed by atoms with Crippen LogP contribution in [0.1, 0.15) is 6.42 Å². The molecule has 0 heterocycles. The third-order valence-corrected chi connectivity index (χ3v) is 3.19. The zero-order valence-electron chi connectivity index (χ0n) is 12.1. The van der Waals surface area contributed by atoms with Crippen LogP contribution in [-0.4, -0.2) is 49.3 Å². The van der Waals surface area contributed by atoms with E-state index in [0.717, 1.165) is 0 Å². The Hall–Kier alpha value is -1.56. The summed E-state index contributed by atoms with van der Waals surface area (Å²) >= 11 is 6.00. The van der Waals surface area contributed by atoms with Gasteiger partial charge in [-0.05, 0) is 18.2 Å². The number of nitrogens with zero attached hydrogens (tertiary/aromatic N) is 1. The lowest BCUT2D eigenvalue weighted by atomic mass is 10.2. The fourth-order valence-corrected chi connectivity index (χ4v) is 2.10. The van der Waals surface area contributed by atoms with E-state index >= 15 is 0 Å². The van der Waals surface area contributed by atoms with Crippen molar-refractivity contribution in [1.29, 1.82) is 0 Å². The van der Waals surface area contributed by atoms with Gasteiger partial charge in [0, 0.05) is 31.7 Å². The molecule has 0 fully saturated rings. The van der Waals surface area contributed by atoms with Crippen LogP contribution in [0.15, 0.2) is 30.9 Å². The summed E-state index contributed by atoms with van der Waals surface area (Å²) < 4.78 is 5.05. The number of carbonyl (C=O) groups excluding carboxylic acids is 1. The highest BCUT2D eigenvalue weighted by molar-refractivity contribution is 6.32. The molecule has 0 unspecified atom stereocenters. The Kier molecular flexibility index (Phi) is 7.82. The van der Waals surface area contributed by atoms with Crippen LogP contribution >= 0.6 is 11.6 Å². The van der Waals surface area contributed by atoms with Crippen molar-refractivity contribution in [3.05, 3.63) is 35.9 Å². The largest absolute Gasteiger partial charge is 0.495 e. The maximum atomic E-state index is 11.9. The van der Waals surface area contributed by atoms with Gasteiger partial charge < -0.3 is 15.2 Å². The fraction of sp³-hybridized carbons (Fsp3) is 0.400. The Morgan fingerprint density at radius 3 is 2.86 bits per heavy atom. The van der Waals surface area contributed by atoms with Crippen molar-refractivity contribution in [2.75, 3.05) is 38.7 Å². The summed E-state index contributed by atoms with van der Waals surface area (Å²) in [5.41, 5.74) is 0.628. The molecule has 0 spiro atoms. The maximum absolute atomic E-state index is 11.9. The summed E-state index contributed by atoms with van der Waals surface area (Å²) in [6.45, 7) is 5.43. The normalized spacial score (nSPS) is 10.5. The summed E-state index contributed by atoms with van der Waals surface area (Å²) in [5, 5.41) is 12.2. The molecule has 116 valence electrons. The second kappa shape index (κ2) is 9.39. The third-order valence-electron chi connectivity index (χ3n) is 2.89. The van der Waals surface area contributed by atoms with E-state index in [2.05, 4.69) is 11.9 Å². The molecule has 5 nitrogen and oxygen atoms in total. The van der Waals surface area contributed by atoms with Crippen molar-refractivity contribution < 1.29 is 14.6 Å². The lowest BCUT2D eigenvalue weighted by Crippen LogP contribution is -2.30. The lowest BCUT2D eigenvalue weighted by molar-refractivity contribution is -0.116. The summed E-state index contributed by atoms with van der Waals surface area (Å²) in [6, 6.07) is 5.08. The number of aliphatic hydroxyl groups excluding tert-OH is 1. The first-order chi connectivity index (χ1) is 10.1. The molecule has 0 aliphatic carbocycles. The standard InChI is InChI=1S/C15H21ClN2O3/c1-3-7-18(9-10-19)8-6-15(20)17-12-4-5-14(21-2)13(16)11-12/h3-5,11,19H,1,6-10H2,2H3,(H,17,20). The molecule has 0 aliphatic rings. The molecule has 21 heavy (non-hydrogen) atoms. The number of rotatable bonds is 9. The Bertz CT molecular complexity index is 480. The quantitative estimate of drug-likeness (QED) is 0.686. The average molecular weight is 313 g/mol. The first kappa shape index (κ1) is 17.5. The third kappa shape index (κ3) is 6.16. The van der Waals surface area contributed by atoms with Crippen LogP contribution in [0.5, 0.6) is 5.75 Å². The minimum absolute atomic E-state index is 0.0591. The summed E-state index contributed by atoms with van der Waals surface area (Å²) in [6.07, 6.45) is 2.08. The Balaban J connectivity index is 2.49. The van der Waals surface area contributed by atoms with E-state index in [9.17, 15) is 4.79 Å². The van der Waals surface area contributed by atoms with Gasteiger partial charge in [-0.25, -0.2) is 0 Å². The fourth-order valence-electron chi connectivity index (χ4n) is 1.85. The number of carbonyl (C=O) groups is 1. The smallest absolute Gasteiger partial charge is 0.225 e. The second-order valence-electron chi connectivity index (χ2n) is 4.46. The van der Waals surface area contributed by atoms with Gasteiger partial charge in [0.25, 0.3) is 0 Å². The van der Waals surface area contributed by atoms with Crippen LogP contribution in [0.25, 0.3) is 0 Å². The summed E-state index contributed by atoms with van der Waals surface area (Å²) in [4.78, 5) is 13.8. The zero-order valence-corrected chi connectivity index (χ0v) is 12.9. The molecule has 0 aliphatic heterocycles. The number of amides is 1. The SMILES string of the molecule is C=CCN(CCO)CCC(=O)Nc1ccc(OC)c(Cl)c1. The molecule has 0 bridgehead atoms. The number of hydrogen-bond acceptors (Lipinski definition) is 4. The average Bonchev–Trinajstić information content (AvgIpc) is 2.45. The van der Waals surface area contributed by atoms with Gasteiger partial charge in [-0.15, -0.1) is 6.58 Å². The molecule has 1 amide bonds. The Morgan fingerprint density at radius 1 is 1.52 bits per heavy atom. The molecule has 1 aromatic carbocycles. The van der Waals surface area contributed by atoms with Gasteiger partial charge in [-0.2, -0.15) is 0 Å². The molecule has 0 radical (unpaired) electrons. The molecule has 0 atom stereocenters. The predicted molar refractivity (Wildman–Crippen MR) is 85.0 cm³/mol. The van der Waals surface area contributed by atoms with Crippen molar-refractivity contribution in [3.63, 3.8) is 0 Å².